The number of nitrogens with one attached hydrogen (secondary N) is 1. The van der Waals surface area contributed by atoms with Gasteiger partial charge in [0.05, 0.1) is 16.7 Å². The van der Waals surface area contributed by atoms with Crippen LogP contribution in [0.4, 0.5) is 0 Å². The van der Waals surface area contributed by atoms with E-state index in [-0.39, 0.29) is 0 Å². The summed E-state index contributed by atoms with van der Waals surface area (Å²) in [5.41, 5.74) is 5.05. The second kappa shape index (κ2) is 10.2. The second-order valence-electron chi connectivity index (χ2n) is 10.0. The van der Waals surface area contributed by atoms with Gasteiger partial charge in [0.1, 0.15) is 12.2 Å². The Labute approximate surface area is 202 Å². The largest absolute Gasteiger partial charge is 0.342 e. The highest BCUT2D eigenvalue weighted by molar-refractivity contribution is 5.81. The lowest BCUT2D eigenvalue weighted by Crippen LogP contribution is -2.49. The first-order chi connectivity index (χ1) is 16.6. The molecular weight excluding hydrogens is 424 g/mol. The highest BCUT2D eigenvalue weighted by Crippen LogP contribution is 2.33. The summed E-state index contributed by atoms with van der Waals surface area (Å²) in [7, 11) is 0. The minimum absolute atomic E-state index is 0.366. The van der Waals surface area contributed by atoms with E-state index in [1.165, 1.54) is 12.8 Å². The van der Waals surface area contributed by atoms with Crippen LogP contribution in [0.5, 0.6) is 0 Å². The zero-order chi connectivity index (χ0) is 23.5. The molecule has 3 aromatic rings. The van der Waals surface area contributed by atoms with Crippen molar-refractivity contribution in [2.45, 2.75) is 58.3 Å². The molecule has 3 heterocycles. The highest BCUT2D eigenvalue weighted by Gasteiger charge is 2.29. The lowest BCUT2D eigenvalue weighted by molar-refractivity contribution is -0.133. The number of benzene rings is 1. The van der Waals surface area contributed by atoms with Crippen LogP contribution in [0.1, 0.15) is 62.9 Å². The predicted octanol–water partition coefficient (Wildman–Crippen LogP) is 4.55. The number of aromatic amines is 1. The number of rotatable bonds is 9. The van der Waals surface area contributed by atoms with Crippen molar-refractivity contribution in [2.24, 2.45) is 5.92 Å². The van der Waals surface area contributed by atoms with Crippen molar-refractivity contribution in [3.05, 3.63) is 42.1 Å². The average Bonchev–Trinajstić information content (AvgIpc) is 3.56. The van der Waals surface area contributed by atoms with E-state index in [9.17, 15) is 4.79 Å². The summed E-state index contributed by atoms with van der Waals surface area (Å²) in [6.07, 6.45) is 8.22. The minimum Gasteiger partial charge on any atom is -0.342 e. The Morgan fingerprint density at radius 1 is 1.12 bits per heavy atom. The predicted molar refractivity (Wildman–Crippen MR) is 134 cm³/mol. The van der Waals surface area contributed by atoms with Gasteiger partial charge in [0.25, 0.3) is 0 Å². The maximum absolute atomic E-state index is 12.4. The third-order valence-corrected chi connectivity index (χ3v) is 7.30. The monoisotopic (exact) mass is 460 g/mol. The van der Waals surface area contributed by atoms with Crippen LogP contribution in [0.3, 0.4) is 0 Å². The quantitative estimate of drug-likeness (QED) is 0.507. The summed E-state index contributed by atoms with van der Waals surface area (Å²) in [4.78, 5) is 34.2. The fourth-order valence-electron chi connectivity index (χ4n) is 5.02. The summed E-state index contributed by atoms with van der Waals surface area (Å²) in [5.74, 6) is 2.54. The molecule has 1 aromatic carbocycles. The molecule has 1 N–H and O–H groups in total. The molecule has 0 bridgehead atoms. The van der Waals surface area contributed by atoms with Crippen LogP contribution >= 0.6 is 0 Å². The number of aryl methyl sites for hydroxylation is 1. The van der Waals surface area contributed by atoms with E-state index in [2.05, 4.69) is 49.9 Å². The normalized spacial score (nSPS) is 17.9. The van der Waals surface area contributed by atoms with Crippen molar-refractivity contribution in [2.75, 3.05) is 32.7 Å². The number of nitrogens with zero attached hydrogens (tertiary/aromatic N) is 5. The molecule has 1 unspecified atom stereocenters. The number of hydrogen-bond acceptors (Lipinski definition) is 5. The molecule has 180 valence electrons. The SMILES string of the molecule is CCCC(CCN1CCN(C(=O)CC2CC2)CC1)c1nc2ccc(-c3cc(C)ncn3)cc2[nH]1. The third kappa shape index (κ3) is 5.46. The van der Waals surface area contributed by atoms with E-state index in [0.29, 0.717) is 17.7 Å². The van der Waals surface area contributed by atoms with Crippen molar-refractivity contribution in [3.8, 4) is 11.3 Å². The molecule has 1 aliphatic carbocycles. The van der Waals surface area contributed by atoms with Crippen LogP contribution in [0.25, 0.3) is 22.3 Å². The van der Waals surface area contributed by atoms with Crippen LogP contribution in [0, 0.1) is 12.8 Å². The Hall–Kier alpha value is -2.80. The zero-order valence-corrected chi connectivity index (χ0v) is 20.5. The van der Waals surface area contributed by atoms with Gasteiger partial charge in [0, 0.05) is 49.8 Å². The van der Waals surface area contributed by atoms with Gasteiger partial charge in [-0.15, -0.1) is 0 Å². The number of amides is 1. The number of hydrogen-bond donors (Lipinski definition) is 1. The summed E-state index contributed by atoms with van der Waals surface area (Å²) >= 11 is 0. The Balaban J connectivity index is 1.21. The number of piperazine rings is 1. The molecule has 1 amide bonds. The smallest absolute Gasteiger partial charge is 0.222 e. The highest BCUT2D eigenvalue weighted by atomic mass is 16.2. The Kier molecular flexibility index (Phi) is 6.90. The molecule has 7 nitrogen and oxygen atoms in total. The van der Waals surface area contributed by atoms with Gasteiger partial charge in [-0.25, -0.2) is 15.0 Å². The summed E-state index contributed by atoms with van der Waals surface area (Å²) in [6.45, 7) is 9.00. The number of fused-ring (bicyclic) bond motifs is 1. The fraction of sp³-hybridized carbons (Fsp3) is 0.556. The van der Waals surface area contributed by atoms with Crippen molar-refractivity contribution < 1.29 is 4.79 Å². The van der Waals surface area contributed by atoms with Crippen molar-refractivity contribution in [3.63, 3.8) is 0 Å². The molecule has 34 heavy (non-hydrogen) atoms. The van der Waals surface area contributed by atoms with Gasteiger partial charge in [0.2, 0.25) is 5.91 Å². The van der Waals surface area contributed by atoms with Crippen molar-refractivity contribution in [1.29, 1.82) is 0 Å². The van der Waals surface area contributed by atoms with E-state index in [1.54, 1.807) is 6.33 Å². The molecule has 2 aromatic heterocycles. The van der Waals surface area contributed by atoms with Crippen LogP contribution in [0.2, 0.25) is 0 Å². The Bertz CT molecular complexity index is 1130. The molecule has 1 saturated carbocycles. The molecular formula is C27H36N6O. The van der Waals surface area contributed by atoms with Gasteiger partial charge in [-0.05, 0) is 63.3 Å². The molecule has 2 fully saturated rings. The van der Waals surface area contributed by atoms with Crippen LogP contribution in [0.15, 0.2) is 30.6 Å². The summed E-state index contributed by atoms with van der Waals surface area (Å²) < 4.78 is 0. The lowest BCUT2D eigenvalue weighted by Gasteiger charge is -2.35. The summed E-state index contributed by atoms with van der Waals surface area (Å²) in [6, 6.07) is 8.34. The van der Waals surface area contributed by atoms with Crippen LogP contribution in [-0.2, 0) is 4.79 Å². The Morgan fingerprint density at radius 2 is 1.94 bits per heavy atom. The summed E-state index contributed by atoms with van der Waals surface area (Å²) in [5, 5.41) is 0. The number of carbonyl (C=O) groups is 1. The maximum Gasteiger partial charge on any atom is 0.222 e. The maximum atomic E-state index is 12.4. The van der Waals surface area contributed by atoms with Crippen LogP contribution < -0.4 is 0 Å². The first kappa shape index (κ1) is 23.0. The van der Waals surface area contributed by atoms with E-state index < -0.39 is 0 Å². The van der Waals surface area contributed by atoms with Gasteiger partial charge < -0.3 is 9.88 Å². The fourth-order valence-corrected chi connectivity index (χ4v) is 5.02. The lowest BCUT2D eigenvalue weighted by atomic mass is 9.98. The van der Waals surface area contributed by atoms with E-state index in [4.69, 9.17) is 4.98 Å². The van der Waals surface area contributed by atoms with Crippen molar-refractivity contribution >= 4 is 16.9 Å². The van der Waals surface area contributed by atoms with Crippen molar-refractivity contribution in [1.82, 2.24) is 29.7 Å². The van der Waals surface area contributed by atoms with E-state index >= 15 is 0 Å². The molecule has 1 aliphatic heterocycles. The first-order valence-corrected chi connectivity index (χ1v) is 12.9. The first-order valence-electron chi connectivity index (χ1n) is 12.9. The molecule has 1 atom stereocenters. The molecule has 5 rings (SSSR count). The third-order valence-electron chi connectivity index (χ3n) is 7.30. The van der Waals surface area contributed by atoms with Gasteiger partial charge >= 0.3 is 0 Å². The average molecular weight is 461 g/mol. The van der Waals surface area contributed by atoms with Gasteiger partial charge in [-0.1, -0.05) is 19.4 Å². The number of imidazole rings is 1. The minimum atomic E-state index is 0.366. The van der Waals surface area contributed by atoms with E-state index in [1.807, 2.05) is 13.0 Å². The molecule has 0 spiro atoms. The topological polar surface area (TPSA) is 78.0 Å². The number of H-pyrrole nitrogens is 1. The molecule has 2 aliphatic rings. The molecule has 7 heteroatoms. The van der Waals surface area contributed by atoms with Gasteiger partial charge in [-0.2, -0.15) is 0 Å². The second-order valence-corrected chi connectivity index (χ2v) is 10.0. The molecule has 1 saturated heterocycles. The number of aromatic nitrogens is 4. The van der Waals surface area contributed by atoms with Gasteiger partial charge in [0.15, 0.2) is 0 Å². The standard InChI is InChI=1S/C27H36N6O/c1-3-4-21(9-10-32-11-13-33(14-12-32)26(34)16-20-5-6-20)27-30-23-8-7-22(17-25(23)31-27)24-15-19(2)28-18-29-24/h7-8,15,17-18,20-21H,3-6,9-14,16H2,1-2H3,(H,30,31). The zero-order valence-electron chi connectivity index (χ0n) is 20.5. The molecule has 0 radical (unpaired) electrons. The van der Waals surface area contributed by atoms with Gasteiger partial charge in [-0.3, -0.25) is 9.69 Å². The van der Waals surface area contributed by atoms with E-state index in [0.717, 1.165) is 92.2 Å². The number of carbonyl (C=O) groups excluding carboxylic acids is 1. The van der Waals surface area contributed by atoms with Crippen LogP contribution in [-0.4, -0.2) is 68.4 Å². The Morgan fingerprint density at radius 3 is 2.68 bits per heavy atom.